The highest BCUT2D eigenvalue weighted by Gasteiger charge is 2.20. The maximum absolute atomic E-state index is 13.3. The predicted octanol–water partition coefficient (Wildman–Crippen LogP) is 4.37. The van der Waals surface area contributed by atoms with Crippen LogP contribution in [-0.4, -0.2) is 73.0 Å². The number of carbonyl (C=O) groups excluding carboxylic acids is 2. The lowest BCUT2D eigenvalue weighted by Crippen LogP contribution is -2.31. The summed E-state index contributed by atoms with van der Waals surface area (Å²) in [7, 11) is 0. The number of hydrogen-bond acceptors (Lipinski definition) is 11. The maximum Gasteiger partial charge on any atom is 0.325 e. The standard InChI is InChI=1S/C32H34N8O7/c1-3-23(47-40(43)44)9-8-18-46-28(41)19-33-31(42)26-12-7-13-27-29(26)39(32(34-27)45-4-2)20-21-14-16-22(17-15-21)24-10-5-6-11-25(24)30-35-37-38-36-30/h5-7,10-17,23H,3-4,8-9,18-20H2,1-2H3,(H,33,42)(H,35,36,37,38). The smallest absolute Gasteiger partial charge is 0.325 e. The number of imidazole rings is 1. The number of fused-ring (bicyclic) bond motifs is 1. The summed E-state index contributed by atoms with van der Waals surface area (Å²) in [5.41, 5.74) is 5.16. The normalized spacial score (nSPS) is 11.6. The minimum Gasteiger partial charge on any atom is -0.465 e. The zero-order valence-corrected chi connectivity index (χ0v) is 25.9. The van der Waals surface area contributed by atoms with Gasteiger partial charge in [0.15, 0.2) is 0 Å². The molecule has 0 fully saturated rings. The summed E-state index contributed by atoms with van der Waals surface area (Å²) in [6, 6.07) is 21.3. The minimum atomic E-state index is -0.823. The molecule has 0 bridgehead atoms. The average Bonchev–Trinajstić information content (AvgIpc) is 3.74. The molecule has 5 aromatic rings. The van der Waals surface area contributed by atoms with Gasteiger partial charge in [0.05, 0.1) is 36.4 Å². The van der Waals surface area contributed by atoms with E-state index in [2.05, 4.69) is 35.8 Å². The molecule has 0 aliphatic rings. The van der Waals surface area contributed by atoms with E-state index in [0.29, 0.717) is 60.8 Å². The third-order valence-corrected chi connectivity index (χ3v) is 7.39. The van der Waals surface area contributed by atoms with Crippen LogP contribution < -0.4 is 10.1 Å². The van der Waals surface area contributed by atoms with E-state index in [1.807, 2.05) is 60.0 Å². The van der Waals surface area contributed by atoms with Gasteiger partial charge in [-0.1, -0.05) is 61.5 Å². The van der Waals surface area contributed by atoms with Crippen molar-refractivity contribution in [2.24, 2.45) is 0 Å². The van der Waals surface area contributed by atoms with Crippen LogP contribution in [0.5, 0.6) is 6.01 Å². The molecule has 3 aromatic carbocycles. The Morgan fingerprint density at radius 2 is 1.83 bits per heavy atom. The summed E-state index contributed by atoms with van der Waals surface area (Å²) in [5.74, 6) is -0.603. The molecule has 1 atom stereocenters. The number of esters is 1. The van der Waals surface area contributed by atoms with Crippen molar-refractivity contribution in [1.29, 1.82) is 0 Å². The van der Waals surface area contributed by atoms with Crippen LogP contribution in [0, 0.1) is 10.1 Å². The second-order valence-electron chi connectivity index (χ2n) is 10.5. The number of aromatic amines is 1. The fourth-order valence-corrected chi connectivity index (χ4v) is 5.16. The summed E-state index contributed by atoms with van der Waals surface area (Å²) >= 11 is 0. The molecule has 15 nitrogen and oxygen atoms in total. The Morgan fingerprint density at radius 1 is 1.04 bits per heavy atom. The molecule has 15 heteroatoms. The van der Waals surface area contributed by atoms with Gasteiger partial charge in [0.25, 0.3) is 17.0 Å². The van der Waals surface area contributed by atoms with Gasteiger partial charge in [-0.25, -0.2) is 0 Å². The van der Waals surface area contributed by atoms with Crippen molar-refractivity contribution in [2.75, 3.05) is 19.8 Å². The number of benzene rings is 3. The number of amides is 1. The van der Waals surface area contributed by atoms with Crippen molar-refractivity contribution in [3.05, 3.63) is 88.0 Å². The number of H-pyrrole nitrogens is 1. The molecule has 0 aliphatic heterocycles. The van der Waals surface area contributed by atoms with E-state index in [1.165, 1.54) is 0 Å². The Bertz CT molecular complexity index is 1820. The van der Waals surface area contributed by atoms with Gasteiger partial charge in [0.1, 0.15) is 12.6 Å². The molecule has 2 aromatic heterocycles. The van der Waals surface area contributed by atoms with E-state index in [1.54, 1.807) is 25.1 Å². The largest absolute Gasteiger partial charge is 0.465 e. The van der Waals surface area contributed by atoms with E-state index < -0.39 is 23.1 Å². The maximum atomic E-state index is 13.3. The number of nitrogens with zero attached hydrogens (tertiary/aromatic N) is 6. The zero-order chi connectivity index (χ0) is 33.2. The first-order valence-corrected chi connectivity index (χ1v) is 15.2. The molecular formula is C32H34N8O7. The van der Waals surface area contributed by atoms with Gasteiger partial charge in [-0.2, -0.15) is 10.2 Å². The molecule has 244 valence electrons. The van der Waals surface area contributed by atoms with Crippen molar-refractivity contribution < 1.29 is 29.0 Å². The van der Waals surface area contributed by atoms with E-state index in [9.17, 15) is 19.7 Å². The first kappa shape index (κ1) is 32.5. The lowest BCUT2D eigenvalue weighted by atomic mass is 9.98. The third kappa shape index (κ3) is 8.06. The topological polar surface area (TPSA) is 189 Å². The highest BCUT2D eigenvalue weighted by Crippen LogP contribution is 2.31. The lowest BCUT2D eigenvalue weighted by Gasteiger charge is -2.13. The van der Waals surface area contributed by atoms with E-state index in [0.717, 1.165) is 22.3 Å². The molecule has 0 aliphatic carbocycles. The first-order chi connectivity index (χ1) is 22.9. The van der Waals surface area contributed by atoms with Crippen LogP contribution in [0.1, 0.15) is 49.0 Å². The number of carbonyl (C=O) groups is 2. The zero-order valence-electron chi connectivity index (χ0n) is 25.9. The molecule has 0 spiro atoms. The molecule has 2 N–H and O–H groups in total. The average molecular weight is 643 g/mol. The summed E-state index contributed by atoms with van der Waals surface area (Å²) in [6.07, 6.45) is 0.645. The van der Waals surface area contributed by atoms with Gasteiger partial charge in [0, 0.05) is 5.56 Å². The lowest BCUT2D eigenvalue weighted by molar-refractivity contribution is -0.768. The van der Waals surface area contributed by atoms with Crippen LogP contribution in [0.3, 0.4) is 0 Å². The minimum absolute atomic E-state index is 0.0494. The SMILES string of the molecule is CCOc1nc2cccc(C(=O)NCC(=O)OCCCC(CC)O[N+](=O)[O-])c2n1Cc1ccc(-c2ccccc2-c2nn[nH]n2)cc1. The second kappa shape index (κ2) is 15.4. The molecule has 1 amide bonds. The Labute approximate surface area is 269 Å². The van der Waals surface area contributed by atoms with Crippen LogP contribution in [0.25, 0.3) is 33.5 Å². The fourth-order valence-electron chi connectivity index (χ4n) is 5.16. The van der Waals surface area contributed by atoms with Gasteiger partial charge in [-0.3, -0.25) is 14.2 Å². The molecule has 2 heterocycles. The molecule has 0 radical (unpaired) electrons. The Morgan fingerprint density at radius 3 is 2.53 bits per heavy atom. The molecule has 0 saturated carbocycles. The predicted molar refractivity (Wildman–Crippen MR) is 170 cm³/mol. The number of nitrogens with one attached hydrogen (secondary N) is 2. The number of para-hydroxylation sites is 1. The van der Waals surface area contributed by atoms with Crippen molar-refractivity contribution in [2.45, 2.75) is 45.8 Å². The van der Waals surface area contributed by atoms with Crippen molar-refractivity contribution >= 4 is 22.9 Å². The second-order valence-corrected chi connectivity index (χ2v) is 10.5. The summed E-state index contributed by atoms with van der Waals surface area (Å²) in [4.78, 5) is 45.4. The van der Waals surface area contributed by atoms with Crippen LogP contribution in [0.15, 0.2) is 66.7 Å². The van der Waals surface area contributed by atoms with Crippen LogP contribution in [-0.2, 0) is 20.9 Å². The fraction of sp³-hybridized carbons (Fsp3) is 0.312. The quantitative estimate of drug-likeness (QED) is 0.0673. The number of tetrazole rings is 1. The number of ether oxygens (including phenoxy) is 2. The van der Waals surface area contributed by atoms with Gasteiger partial charge >= 0.3 is 5.97 Å². The van der Waals surface area contributed by atoms with Gasteiger partial charge in [-0.05, 0) is 60.2 Å². The number of hydrogen-bond donors (Lipinski definition) is 2. The molecule has 1 unspecified atom stereocenters. The van der Waals surface area contributed by atoms with Crippen LogP contribution in [0.4, 0.5) is 0 Å². The van der Waals surface area contributed by atoms with Crippen molar-refractivity contribution in [3.63, 3.8) is 0 Å². The molecular weight excluding hydrogens is 608 g/mol. The van der Waals surface area contributed by atoms with Gasteiger partial charge in [-0.15, -0.1) is 20.3 Å². The Kier molecular flexibility index (Phi) is 10.7. The van der Waals surface area contributed by atoms with Gasteiger partial charge < -0.3 is 19.6 Å². The van der Waals surface area contributed by atoms with E-state index >= 15 is 0 Å². The van der Waals surface area contributed by atoms with E-state index in [4.69, 9.17) is 9.47 Å². The Hall–Kier alpha value is -5.86. The molecule has 5 rings (SSSR count). The molecule has 47 heavy (non-hydrogen) atoms. The number of aromatic nitrogens is 6. The van der Waals surface area contributed by atoms with Crippen LogP contribution in [0.2, 0.25) is 0 Å². The highest BCUT2D eigenvalue weighted by molar-refractivity contribution is 6.06. The summed E-state index contributed by atoms with van der Waals surface area (Å²) < 4.78 is 12.9. The Balaban J connectivity index is 1.29. The monoisotopic (exact) mass is 642 g/mol. The third-order valence-electron chi connectivity index (χ3n) is 7.39. The van der Waals surface area contributed by atoms with Gasteiger partial charge in [0.2, 0.25) is 5.82 Å². The molecule has 0 saturated heterocycles. The number of rotatable bonds is 16. The van der Waals surface area contributed by atoms with Crippen molar-refractivity contribution in [3.8, 4) is 28.5 Å². The summed E-state index contributed by atoms with van der Waals surface area (Å²) in [5, 5.41) is 26.8. The summed E-state index contributed by atoms with van der Waals surface area (Å²) in [6.45, 7) is 4.07. The highest BCUT2D eigenvalue weighted by atomic mass is 17.0. The van der Waals surface area contributed by atoms with E-state index in [-0.39, 0.29) is 13.2 Å². The van der Waals surface area contributed by atoms with Crippen LogP contribution >= 0.6 is 0 Å². The first-order valence-electron chi connectivity index (χ1n) is 15.2. The van der Waals surface area contributed by atoms with Crippen molar-refractivity contribution in [1.82, 2.24) is 35.5 Å².